The van der Waals surface area contributed by atoms with Crippen LogP contribution in [0.2, 0.25) is 0 Å². The first kappa shape index (κ1) is 19.5. The number of aromatic nitrogens is 1. The molecule has 1 unspecified atom stereocenters. The SMILES string of the molecule is O=c1[nH]c(CCC(O)N2CCN(c3cccc(F)c3)CC2)cc2ccc(F)cc12. The summed E-state index contributed by atoms with van der Waals surface area (Å²) in [5, 5.41) is 11.6. The number of nitrogens with one attached hydrogen (secondary N) is 1. The molecule has 0 radical (unpaired) electrons. The number of nitrogens with zero attached hydrogens (tertiary/aromatic N) is 2. The van der Waals surface area contributed by atoms with Crippen LogP contribution in [0, 0.1) is 11.6 Å². The highest BCUT2D eigenvalue weighted by atomic mass is 19.1. The van der Waals surface area contributed by atoms with Crippen LogP contribution >= 0.6 is 0 Å². The third kappa shape index (κ3) is 4.46. The molecule has 0 aliphatic carbocycles. The van der Waals surface area contributed by atoms with E-state index < -0.39 is 12.0 Å². The fourth-order valence-corrected chi connectivity index (χ4v) is 3.84. The number of anilines is 1. The van der Waals surface area contributed by atoms with Gasteiger partial charge >= 0.3 is 0 Å². The third-order valence-corrected chi connectivity index (χ3v) is 5.44. The molecule has 4 rings (SSSR count). The summed E-state index contributed by atoms with van der Waals surface area (Å²) in [5.41, 5.74) is 1.24. The van der Waals surface area contributed by atoms with Crippen LogP contribution in [0.5, 0.6) is 0 Å². The van der Waals surface area contributed by atoms with Gasteiger partial charge in [0.1, 0.15) is 17.9 Å². The number of benzene rings is 2. The van der Waals surface area contributed by atoms with Gasteiger partial charge in [-0.25, -0.2) is 8.78 Å². The number of piperazine rings is 1. The van der Waals surface area contributed by atoms with E-state index in [1.54, 1.807) is 12.1 Å². The molecule has 1 fully saturated rings. The number of aromatic amines is 1. The molecule has 0 saturated carbocycles. The molecule has 0 spiro atoms. The van der Waals surface area contributed by atoms with Gasteiger partial charge in [-0.1, -0.05) is 12.1 Å². The van der Waals surface area contributed by atoms with Crippen LogP contribution in [0.1, 0.15) is 12.1 Å². The highest BCUT2D eigenvalue weighted by Gasteiger charge is 2.22. The van der Waals surface area contributed by atoms with Crippen molar-refractivity contribution in [2.24, 2.45) is 0 Å². The Bertz CT molecular complexity index is 1060. The summed E-state index contributed by atoms with van der Waals surface area (Å²) in [6, 6.07) is 12.5. The second-order valence-electron chi connectivity index (χ2n) is 7.38. The zero-order chi connectivity index (χ0) is 20.4. The second kappa shape index (κ2) is 8.31. The van der Waals surface area contributed by atoms with E-state index in [4.69, 9.17) is 0 Å². The predicted molar refractivity (Wildman–Crippen MR) is 109 cm³/mol. The Morgan fingerprint density at radius 2 is 1.76 bits per heavy atom. The summed E-state index contributed by atoms with van der Waals surface area (Å²) in [6.45, 7) is 2.76. The molecule has 152 valence electrons. The molecule has 2 aromatic carbocycles. The largest absolute Gasteiger partial charge is 0.378 e. The molecule has 1 aliphatic rings. The summed E-state index contributed by atoms with van der Waals surface area (Å²) in [6.07, 6.45) is 0.355. The molecule has 29 heavy (non-hydrogen) atoms. The van der Waals surface area contributed by atoms with Crippen molar-refractivity contribution in [3.8, 4) is 0 Å². The van der Waals surface area contributed by atoms with Gasteiger partial charge < -0.3 is 15.0 Å². The summed E-state index contributed by atoms with van der Waals surface area (Å²) in [4.78, 5) is 19.0. The smallest absolute Gasteiger partial charge is 0.256 e. The summed E-state index contributed by atoms with van der Waals surface area (Å²) >= 11 is 0. The molecule has 5 nitrogen and oxygen atoms in total. The van der Waals surface area contributed by atoms with Crippen LogP contribution in [-0.2, 0) is 6.42 Å². The Morgan fingerprint density at radius 3 is 2.52 bits per heavy atom. The number of aliphatic hydroxyl groups excluding tert-OH is 1. The summed E-state index contributed by atoms with van der Waals surface area (Å²) < 4.78 is 26.7. The number of aryl methyl sites for hydroxylation is 1. The number of rotatable bonds is 5. The van der Waals surface area contributed by atoms with Crippen molar-refractivity contribution >= 4 is 16.5 Å². The van der Waals surface area contributed by atoms with Gasteiger partial charge in [-0.2, -0.15) is 0 Å². The fourth-order valence-electron chi connectivity index (χ4n) is 3.84. The molecule has 3 aromatic rings. The van der Waals surface area contributed by atoms with Gasteiger partial charge in [-0.15, -0.1) is 0 Å². The van der Waals surface area contributed by atoms with E-state index in [0.29, 0.717) is 55.5 Å². The first-order valence-electron chi connectivity index (χ1n) is 9.74. The molecule has 7 heteroatoms. The van der Waals surface area contributed by atoms with Gasteiger partial charge in [0, 0.05) is 42.9 Å². The lowest BCUT2D eigenvalue weighted by atomic mass is 10.1. The molecule has 1 atom stereocenters. The van der Waals surface area contributed by atoms with Crippen molar-refractivity contribution in [2.45, 2.75) is 19.1 Å². The van der Waals surface area contributed by atoms with Crippen LogP contribution in [0.15, 0.2) is 53.3 Å². The van der Waals surface area contributed by atoms with Crippen molar-refractivity contribution < 1.29 is 13.9 Å². The predicted octanol–water partition coefficient (Wildman–Crippen LogP) is 2.88. The van der Waals surface area contributed by atoms with E-state index in [1.165, 1.54) is 24.3 Å². The normalized spacial score (nSPS) is 16.3. The Balaban J connectivity index is 1.35. The number of hydrogen-bond acceptors (Lipinski definition) is 4. The van der Waals surface area contributed by atoms with Gasteiger partial charge in [0.15, 0.2) is 0 Å². The van der Waals surface area contributed by atoms with Gasteiger partial charge in [0.05, 0.1) is 0 Å². The van der Waals surface area contributed by atoms with E-state index >= 15 is 0 Å². The van der Waals surface area contributed by atoms with E-state index in [1.807, 2.05) is 17.0 Å². The third-order valence-electron chi connectivity index (χ3n) is 5.44. The Kier molecular flexibility index (Phi) is 5.60. The fraction of sp³-hybridized carbons (Fsp3) is 0.318. The van der Waals surface area contributed by atoms with Crippen molar-refractivity contribution in [3.63, 3.8) is 0 Å². The van der Waals surface area contributed by atoms with Crippen molar-refractivity contribution in [1.82, 2.24) is 9.88 Å². The van der Waals surface area contributed by atoms with Crippen molar-refractivity contribution in [2.75, 3.05) is 31.1 Å². The average Bonchev–Trinajstić information content (AvgIpc) is 2.73. The molecule has 0 amide bonds. The van der Waals surface area contributed by atoms with Crippen molar-refractivity contribution in [3.05, 3.63) is 76.2 Å². The van der Waals surface area contributed by atoms with E-state index in [2.05, 4.69) is 9.88 Å². The lowest BCUT2D eigenvalue weighted by molar-refractivity contribution is -0.00533. The minimum atomic E-state index is -0.628. The first-order chi connectivity index (χ1) is 14.0. The maximum absolute atomic E-state index is 13.4. The molecule has 1 aliphatic heterocycles. The minimum absolute atomic E-state index is 0.253. The molecule has 1 aromatic heterocycles. The number of aliphatic hydroxyl groups is 1. The number of H-pyrrole nitrogens is 1. The Labute approximate surface area is 167 Å². The minimum Gasteiger partial charge on any atom is -0.378 e. The zero-order valence-electron chi connectivity index (χ0n) is 15.9. The topological polar surface area (TPSA) is 59.6 Å². The molecule has 0 bridgehead atoms. The standard InChI is InChI=1S/C22H23F2N3O2/c23-16-2-1-3-19(13-16)26-8-10-27(11-9-26)21(28)7-6-18-12-15-4-5-17(24)14-20(15)22(29)25-18/h1-5,12-14,21,28H,6-11H2,(H,25,29). The van der Waals surface area contributed by atoms with Crippen LogP contribution in [0.3, 0.4) is 0 Å². The Morgan fingerprint density at radius 1 is 1.00 bits per heavy atom. The van der Waals surface area contributed by atoms with Crippen LogP contribution in [0.25, 0.3) is 10.8 Å². The number of hydrogen-bond donors (Lipinski definition) is 2. The zero-order valence-corrected chi connectivity index (χ0v) is 15.9. The van der Waals surface area contributed by atoms with Crippen LogP contribution < -0.4 is 10.5 Å². The average molecular weight is 399 g/mol. The van der Waals surface area contributed by atoms with E-state index in [-0.39, 0.29) is 11.4 Å². The molecular weight excluding hydrogens is 376 g/mol. The van der Waals surface area contributed by atoms with Gasteiger partial charge in [0.2, 0.25) is 0 Å². The molecular formula is C22H23F2N3O2. The quantitative estimate of drug-likeness (QED) is 0.693. The van der Waals surface area contributed by atoms with E-state index in [9.17, 15) is 18.7 Å². The maximum atomic E-state index is 13.4. The molecule has 2 N–H and O–H groups in total. The van der Waals surface area contributed by atoms with Crippen molar-refractivity contribution in [1.29, 1.82) is 0 Å². The van der Waals surface area contributed by atoms with Gasteiger partial charge in [-0.3, -0.25) is 9.69 Å². The monoisotopic (exact) mass is 399 g/mol. The number of fused-ring (bicyclic) bond motifs is 1. The highest BCUT2D eigenvalue weighted by molar-refractivity contribution is 5.81. The molecule has 1 saturated heterocycles. The van der Waals surface area contributed by atoms with Gasteiger partial charge in [-0.05, 0) is 54.6 Å². The van der Waals surface area contributed by atoms with Gasteiger partial charge in [0.25, 0.3) is 5.56 Å². The van der Waals surface area contributed by atoms with Crippen LogP contribution in [0.4, 0.5) is 14.5 Å². The van der Waals surface area contributed by atoms with Crippen LogP contribution in [-0.4, -0.2) is 47.4 Å². The Hall–Kier alpha value is -2.77. The first-order valence-corrected chi connectivity index (χ1v) is 9.74. The second-order valence-corrected chi connectivity index (χ2v) is 7.38. The van der Waals surface area contributed by atoms with E-state index in [0.717, 1.165) is 5.69 Å². The number of pyridine rings is 1. The highest BCUT2D eigenvalue weighted by Crippen LogP contribution is 2.19. The summed E-state index contributed by atoms with van der Waals surface area (Å²) in [7, 11) is 0. The molecule has 2 heterocycles. The number of halogens is 2. The lowest BCUT2D eigenvalue weighted by Gasteiger charge is -2.38. The lowest BCUT2D eigenvalue weighted by Crippen LogP contribution is -2.50. The maximum Gasteiger partial charge on any atom is 0.256 e. The summed E-state index contributed by atoms with van der Waals surface area (Å²) in [5.74, 6) is -0.694.